The Balaban J connectivity index is 2.58. The highest BCUT2D eigenvalue weighted by Crippen LogP contribution is 2.47. The second kappa shape index (κ2) is 8.15. The number of hydrogen-bond donors (Lipinski definition) is 1. The molecule has 0 radical (unpaired) electrons. The van der Waals surface area contributed by atoms with Crippen LogP contribution in [0.25, 0.3) is 0 Å². The normalized spacial score (nSPS) is 21.8. The molecule has 0 aromatic carbocycles. The highest BCUT2D eigenvalue weighted by Gasteiger charge is 2.40. The Labute approximate surface area is 115 Å². The van der Waals surface area contributed by atoms with E-state index < -0.39 is 7.82 Å². The minimum Gasteiger partial charge on any atom is -0.371 e. The molecule has 1 aliphatic heterocycles. The number of nitrogens with zero attached hydrogens (tertiary/aromatic N) is 1. The molecular formula is C12H25NO5P+. The molecule has 0 spiro atoms. The van der Waals surface area contributed by atoms with Crippen LogP contribution in [0.5, 0.6) is 0 Å². The van der Waals surface area contributed by atoms with Crippen molar-refractivity contribution in [2.24, 2.45) is 0 Å². The van der Waals surface area contributed by atoms with Crippen LogP contribution in [0.1, 0.15) is 26.2 Å². The second-order valence-electron chi connectivity index (χ2n) is 4.62. The Morgan fingerprint density at radius 2 is 2.05 bits per heavy atom. The first-order chi connectivity index (χ1) is 9.04. The summed E-state index contributed by atoms with van der Waals surface area (Å²) in [7, 11) is -3.99. The second-order valence-corrected chi connectivity index (χ2v) is 5.98. The summed E-state index contributed by atoms with van der Waals surface area (Å²) < 4.78 is 27.5. The van der Waals surface area contributed by atoms with E-state index in [1.54, 1.807) is 13.0 Å². The van der Waals surface area contributed by atoms with Crippen LogP contribution in [0.4, 0.5) is 0 Å². The van der Waals surface area contributed by atoms with Gasteiger partial charge < -0.3 is 4.74 Å². The largest absolute Gasteiger partial charge is 0.518 e. The van der Waals surface area contributed by atoms with Crippen LogP contribution in [-0.4, -0.2) is 49.0 Å². The number of phosphoric acid groups is 1. The van der Waals surface area contributed by atoms with Crippen molar-refractivity contribution in [3.8, 4) is 0 Å². The molecule has 112 valence electrons. The quantitative estimate of drug-likeness (QED) is 0.306. The van der Waals surface area contributed by atoms with Crippen LogP contribution in [-0.2, 0) is 18.5 Å². The van der Waals surface area contributed by atoms with Gasteiger partial charge in [-0.2, -0.15) is 4.65 Å². The molecule has 7 heteroatoms. The Morgan fingerprint density at radius 1 is 1.37 bits per heavy atom. The van der Waals surface area contributed by atoms with E-state index in [4.69, 9.17) is 13.9 Å². The lowest BCUT2D eigenvalue weighted by Crippen LogP contribution is -2.52. The Hall–Kier alpha value is -0.230. The molecule has 1 N–H and O–H groups in total. The van der Waals surface area contributed by atoms with E-state index in [9.17, 15) is 9.46 Å². The molecule has 0 aromatic rings. The van der Waals surface area contributed by atoms with Crippen LogP contribution in [0, 0.1) is 0 Å². The molecule has 1 aliphatic rings. The van der Waals surface area contributed by atoms with Gasteiger partial charge in [-0.05, 0) is 26.2 Å². The first-order valence-corrected chi connectivity index (χ1v) is 8.26. The van der Waals surface area contributed by atoms with Gasteiger partial charge >= 0.3 is 7.82 Å². The Morgan fingerprint density at radius 3 is 2.63 bits per heavy atom. The van der Waals surface area contributed by atoms with E-state index >= 15 is 0 Å². The average molecular weight is 294 g/mol. The van der Waals surface area contributed by atoms with E-state index in [0.29, 0.717) is 19.8 Å². The number of rotatable bonds is 9. The van der Waals surface area contributed by atoms with E-state index in [1.165, 1.54) is 0 Å². The zero-order valence-electron chi connectivity index (χ0n) is 11.6. The summed E-state index contributed by atoms with van der Waals surface area (Å²) in [5, 5.41) is 0. The fourth-order valence-corrected chi connectivity index (χ4v) is 3.29. The number of ether oxygens (including phenoxy) is 1. The number of quaternary nitrogens is 1. The minimum absolute atomic E-state index is 0.144. The molecule has 1 atom stereocenters. The van der Waals surface area contributed by atoms with Gasteiger partial charge in [0.1, 0.15) is 19.6 Å². The van der Waals surface area contributed by atoms with Gasteiger partial charge in [-0.15, -0.1) is 6.58 Å². The SMILES string of the molecule is C=CCOCC[N+]1(OP(=O)(O)OCC)CCCCC1. The summed E-state index contributed by atoms with van der Waals surface area (Å²) in [4.78, 5) is 9.67. The summed E-state index contributed by atoms with van der Waals surface area (Å²) in [6.07, 6.45) is 4.76. The van der Waals surface area contributed by atoms with Crippen molar-refractivity contribution < 1.29 is 28.0 Å². The number of phosphoric ester groups is 1. The predicted molar refractivity (Wildman–Crippen MR) is 72.3 cm³/mol. The predicted octanol–water partition coefficient (Wildman–Crippen LogP) is 2.26. The summed E-state index contributed by atoms with van der Waals surface area (Å²) in [6, 6.07) is 0. The molecule has 0 aromatic heterocycles. The lowest BCUT2D eigenvalue weighted by atomic mass is 10.1. The molecule has 1 rings (SSSR count). The van der Waals surface area contributed by atoms with Crippen LogP contribution in [0.3, 0.4) is 0 Å². The fraction of sp³-hybridized carbons (Fsp3) is 0.833. The van der Waals surface area contributed by atoms with Gasteiger partial charge in [0, 0.05) is 0 Å². The molecule has 1 unspecified atom stereocenters. The smallest absolute Gasteiger partial charge is 0.371 e. The molecule has 0 aliphatic carbocycles. The lowest BCUT2D eigenvalue weighted by molar-refractivity contribution is -1.09. The number of piperidine rings is 1. The lowest BCUT2D eigenvalue weighted by Gasteiger charge is -2.38. The van der Waals surface area contributed by atoms with Crippen LogP contribution >= 0.6 is 7.82 Å². The number of hydrogen-bond acceptors (Lipinski definition) is 4. The summed E-state index contributed by atoms with van der Waals surface area (Å²) in [6.45, 7) is 8.33. The molecular weight excluding hydrogens is 269 g/mol. The van der Waals surface area contributed by atoms with Gasteiger partial charge in [-0.25, -0.2) is 4.57 Å². The third kappa shape index (κ3) is 6.17. The third-order valence-electron chi connectivity index (χ3n) is 3.08. The molecule has 0 saturated carbocycles. The maximum atomic E-state index is 11.8. The highest BCUT2D eigenvalue weighted by molar-refractivity contribution is 7.47. The van der Waals surface area contributed by atoms with Gasteiger partial charge in [0.2, 0.25) is 0 Å². The van der Waals surface area contributed by atoms with Crippen LogP contribution in [0.15, 0.2) is 12.7 Å². The van der Waals surface area contributed by atoms with E-state index in [1.807, 2.05) is 0 Å². The third-order valence-corrected chi connectivity index (χ3v) is 4.22. The fourth-order valence-electron chi connectivity index (χ4n) is 2.24. The van der Waals surface area contributed by atoms with Gasteiger partial charge in [0.25, 0.3) is 0 Å². The van der Waals surface area contributed by atoms with Crippen molar-refractivity contribution in [2.75, 3.05) is 39.5 Å². The molecule has 6 nitrogen and oxygen atoms in total. The molecule has 0 bridgehead atoms. The molecule has 19 heavy (non-hydrogen) atoms. The highest BCUT2D eigenvalue weighted by atomic mass is 31.2. The zero-order chi connectivity index (χ0) is 14.2. The molecule has 1 fully saturated rings. The Kier molecular flexibility index (Phi) is 7.21. The van der Waals surface area contributed by atoms with Gasteiger partial charge in [-0.3, -0.25) is 9.42 Å². The average Bonchev–Trinajstić information content (AvgIpc) is 2.35. The van der Waals surface area contributed by atoms with Crippen LogP contribution < -0.4 is 0 Å². The maximum Gasteiger partial charge on any atom is 0.518 e. The van der Waals surface area contributed by atoms with Crippen molar-refractivity contribution in [1.29, 1.82) is 0 Å². The monoisotopic (exact) mass is 294 g/mol. The van der Waals surface area contributed by atoms with Crippen molar-refractivity contribution >= 4 is 7.82 Å². The number of likely N-dealkylation sites (tertiary alicyclic amines) is 1. The van der Waals surface area contributed by atoms with Gasteiger partial charge in [0.05, 0.1) is 19.8 Å². The summed E-state index contributed by atoms with van der Waals surface area (Å²) in [5.41, 5.74) is 0. The molecule has 1 heterocycles. The van der Waals surface area contributed by atoms with Crippen molar-refractivity contribution in [3.05, 3.63) is 12.7 Å². The first kappa shape index (κ1) is 16.8. The molecule has 1 saturated heterocycles. The standard InChI is InChI=1S/C12H24NO5P/c1-3-11-16-12-10-13(8-6-5-7-9-13)18-19(14,15)17-4-2/h3H,1,4-12H2,2H3/p+1. The first-order valence-electron chi connectivity index (χ1n) is 6.77. The zero-order valence-corrected chi connectivity index (χ0v) is 12.5. The Bertz CT molecular complexity index is 317. The van der Waals surface area contributed by atoms with Crippen molar-refractivity contribution in [2.45, 2.75) is 26.2 Å². The topological polar surface area (TPSA) is 65.0 Å². The number of hydroxylamine groups is 3. The van der Waals surface area contributed by atoms with Gasteiger partial charge in [-0.1, -0.05) is 10.7 Å². The minimum atomic E-state index is -3.99. The summed E-state index contributed by atoms with van der Waals surface area (Å²) >= 11 is 0. The maximum absolute atomic E-state index is 11.8. The van der Waals surface area contributed by atoms with E-state index in [0.717, 1.165) is 32.4 Å². The van der Waals surface area contributed by atoms with E-state index in [2.05, 4.69) is 6.58 Å². The summed E-state index contributed by atoms with van der Waals surface area (Å²) in [5.74, 6) is 0. The van der Waals surface area contributed by atoms with E-state index in [-0.39, 0.29) is 11.3 Å². The van der Waals surface area contributed by atoms with Crippen LogP contribution in [0.2, 0.25) is 0 Å². The van der Waals surface area contributed by atoms with Crippen molar-refractivity contribution in [3.63, 3.8) is 0 Å². The molecule has 0 amide bonds. The van der Waals surface area contributed by atoms with Gasteiger partial charge in [0.15, 0.2) is 0 Å². The van der Waals surface area contributed by atoms with Crippen molar-refractivity contribution in [1.82, 2.24) is 0 Å².